The van der Waals surface area contributed by atoms with Crippen molar-refractivity contribution in [3.05, 3.63) is 36.0 Å². The minimum atomic E-state index is -1.81. The maximum atomic E-state index is 12.4. The van der Waals surface area contributed by atoms with E-state index in [-0.39, 0.29) is 41.3 Å². The second-order valence-corrected chi connectivity index (χ2v) is 11.5. The van der Waals surface area contributed by atoms with Crippen LogP contribution in [-0.4, -0.2) is 62.8 Å². The Kier molecular flexibility index (Phi) is 7.41. The molecular weight excluding hydrogens is 473 g/mol. The lowest BCUT2D eigenvalue weighted by Gasteiger charge is -2.62. The van der Waals surface area contributed by atoms with Crippen LogP contribution in [0.4, 0.5) is 4.79 Å². The highest BCUT2D eigenvalue weighted by Gasteiger charge is 2.60. The quantitative estimate of drug-likeness (QED) is 0.235. The molecule has 3 fully saturated rings. The van der Waals surface area contributed by atoms with Crippen molar-refractivity contribution in [3.63, 3.8) is 0 Å². The average molecular weight is 508 g/mol. The molecule has 1 saturated heterocycles. The highest BCUT2D eigenvalue weighted by Crippen LogP contribution is 2.66. The van der Waals surface area contributed by atoms with Gasteiger partial charge in [-0.15, -0.1) is 0 Å². The lowest BCUT2D eigenvalue weighted by atomic mass is 9.46. The number of esters is 2. The van der Waals surface area contributed by atoms with Gasteiger partial charge in [0.15, 0.2) is 0 Å². The minimum Gasteiger partial charge on any atom is -0.468 e. The van der Waals surface area contributed by atoms with E-state index in [0.717, 1.165) is 25.7 Å². The number of ether oxygens (including phenoxy) is 3. The van der Waals surface area contributed by atoms with Gasteiger partial charge in [-0.3, -0.25) is 4.79 Å². The summed E-state index contributed by atoms with van der Waals surface area (Å²) in [7, 11) is 0.715. The van der Waals surface area contributed by atoms with Crippen LogP contribution >= 0.6 is 8.53 Å². The number of cyclic esters (lactones) is 1. The van der Waals surface area contributed by atoms with Crippen molar-refractivity contribution in [2.75, 3.05) is 34.0 Å². The molecule has 0 aromatic heterocycles. The van der Waals surface area contributed by atoms with Crippen LogP contribution in [0.5, 0.6) is 0 Å². The Morgan fingerprint density at radius 2 is 2.03 bits per heavy atom. The van der Waals surface area contributed by atoms with Crippen molar-refractivity contribution in [1.82, 2.24) is 4.67 Å². The van der Waals surface area contributed by atoms with Crippen LogP contribution in [0.3, 0.4) is 0 Å². The Balaban J connectivity index is 1.55. The SMILES string of the molecule is C=C1CCC2[C@](C)(CC[C@H]3OP(N(CC(=O)OC)C(=O)OC)OC[C@@]23C)C1/C=C/C1=CCOC1=O. The first-order valence-corrected chi connectivity index (χ1v) is 13.0. The number of rotatable bonds is 5. The number of methoxy groups -OCH3 is 2. The van der Waals surface area contributed by atoms with E-state index in [1.54, 1.807) is 6.08 Å². The Hall–Kier alpha value is -2.22. The summed E-state index contributed by atoms with van der Waals surface area (Å²) in [6.07, 6.45) is 8.49. The van der Waals surface area contributed by atoms with Crippen LogP contribution in [0.2, 0.25) is 0 Å². The molecule has 35 heavy (non-hydrogen) atoms. The summed E-state index contributed by atoms with van der Waals surface area (Å²) >= 11 is 0. The number of fused-ring (bicyclic) bond motifs is 3. The zero-order valence-corrected chi connectivity index (χ0v) is 21.7. The van der Waals surface area contributed by atoms with Crippen molar-refractivity contribution in [3.8, 4) is 0 Å². The summed E-state index contributed by atoms with van der Waals surface area (Å²) in [5.74, 6) is -0.466. The Morgan fingerprint density at radius 3 is 2.69 bits per heavy atom. The monoisotopic (exact) mass is 507 g/mol. The molecule has 2 aliphatic heterocycles. The molecule has 4 aliphatic rings. The molecule has 4 rings (SSSR count). The second-order valence-electron chi connectivity index (χ2n) is 10.1. The van der Waals surface area contributed by atoms with Crippen LogP contribution in [-0.2, 0) is 32.8 Å². The van der Waals surface area contributed by atoms with E-state index in [1.807, 2.05) is 6.08 Å². The van der Waals surface area contributed by atoms with E-state index in [0.29, 0.717) is 18.8 Å². The molecule has 2 aliphatic carbocycles. The molecule has 192 valence electrons. The highest BCUT2D eigenvalue weighted by molar-refractivity contribution is 7.45. The van der Waals surface area contributed by atoms with E-state index in [4.69, 9.17) is 23.3 Å². The predicted octanol–water partition coefficient (Wildman–Crippen LogP) is 4.30. The van der Waals surface area contributed by atoms with Crippen molar-refractivity contribution >= 4 is 26.6 Å². The van der Waals surface area contributed by atoms with Gasteiger partial charge in [-0.2, -0.15) is 0 Å². The smallest absolute Gasteiger partial charge is 0.416 e. The summed E-state index contributed by atoms with van der Waals surface area (Å²) in [4.78, 5) is 36.2. The molecular formula is C25H34NO8P. The van der Waals surface area contributed by atoms with E-state index in [2.05, 4.69) is 26.5 Å². The maximum absolute atomic E-state index is 12.4. The van der Waals surface area contributed by atoms with Crippen molar-refractivity contribution < 1.29 is 37.6 Å². The molecule has 0 spiro atoms. The van der Waals surface area contributed by atoms with Crippen molar-refractivity contribution in [1.29, 1.82) is 0 Å². The Bertz CT molecular complexity index is 963. The molecule has 0 aromatic rings. The summed E-state index contributed by atoms with van der Waals surface area (Å²) in [5, 5.41) is 0. The van der Waals surface area contributed by atoms with Gasteiger partial charge >= 0.3 is 18.0 Å². The molecule has 2 heterocycles. The van der Waals surface area contributed by atoms with Gasteiger partial charge in [-0.05, 0) is 43.1 Å². The van der Waals surface area contributed by atoms with Crippen LogP contribution < -0.4 is 0 Å². The molecule has 0 bridgehead atoms. The first-order chi connectivity index (χ1) is 16.6. The van der Waals surface area contributed by atoms with Gasteiger partial charge in [0.05, 0.1) is 32.5 Å². The summed E-state index contributed by atoms with van der Waals surface area (Å²) in [5.41, 5.74) is 1.40. The number of allylic oxidation sites excluding steroid dienone is 2. The van der Waals surface area contributed by atoms with Gasteiger partial charge in [-0.25, -0.2) is 14.3 Å². The number of carbonyl (C=O) groups is 3. The first-order valence-electron chi connectivity index (χ1n) is 11.9. The van der Waals surface area contributed by atoms with Gasteiger partial charge in [0.1, 0.15) is 13.2 Å². The van der Waals surface area contributed by atoms with E-state index in [9.17, 15) is 14.4 Å². The first kappa shape index (κ1) is 25.9. The summed E-state index contributed by atoms with van der Waals surface area (Å²) in [6, 6.07) is 0. The third-order valence-electron chi connectivity index (χ3n) is 8.19. The largest absolute Gasteiger partial charge is 0.468 e. The van der Waals surface area contributed by atoms with Crippen LogP contribution in [0, 0.1) is 22.7 Å². The Labute approximate surface area is 207 Å². The van der Waals surface area contributed by atoms with Crippen molar-refractivity contribution in [2.24, 2.45) is 22.7 Å². The lowest BCUT2D eigenvalue weighted by molar-refractivity contribution is -0.156. The molecule has 6 atom stereocenters. The number of hydrogen-bond donors (Lipinski definition) is 0. The molecule has 2 saturated carbocycles. The zero-order chi connectivity index (χ0) is 25.4. The minimum absolute atomic E-state index is 0.0823. The number of carbonyl (C=O) groups excluding carboxylic acids is 3. The third-order valence-corrected chi connectivity index (χ3v) is 9.68. The van der Waals surface area contributed by atoms with Gasteiger partial charge in [0, 0.05) is 11.3 Å². The molecule has 9 nitrogen and oxygen atoms in total. The fourth-order valence-electron chi connectivity index (χ4n) is 6.28. The maximum Gasteiger partial charge on any atom is 0.416 e. The third kappa shape index (κ3) is 4.66. The molecule has 3 unspecified atom stereocenters. The summed E-state index contributed by atoms with van der Waals surface area (Å²) < 4.78 is 28.3. The van der Waals surface area contributed by atoms with E-state index in [1.165, 1.54) is 24.5 Å². The fraction of sp³-hybridized carbons (Fsp3) is 0.640. The second kappa shape index (κ2) is 10.0. The predicted molar refractivity (Wildman–Crippen MR) is 128 cm³/mol. The standard InChI is InChI=1S/C25H34NO8P/c1-16-6-9-19-24(2,18(16)8-7-17-11-13-32-22(17)28)12-10-20-25(19,3)15-33-35(34-20)26(23(29)31-5)14-21(27)30-4/h7-8,11,18-20H,1,6,9-10,12-15H2,2-5H3/b8-7+/t18?,19?,20-,24-,25+,35?/m1/s1. The van der Waals surface area contributed by atoms with Gasteiger partial charge in [0.25, 0.3) is 8.53 Å². The summed E-state index contributed by atoms with van der Waals surface area (Å²) in [6.45, 7) is 9.29. The van der Waals surface area contributed by atoms with Crippen LogP contribution in [0.1, 0.15) is 39.5 Å². The molecule has 0 radical (unpaired) electrons. The Morgan fingerprint density at radius 1 is 1.26 bits per heavy atom. The zero-order valence-electron chi connectivity index (χ0n) is 20.8. The van der Waals surface area contributed by atoms with Crippen LogP contribution in [0.25, 0.3) is 0 Å². The van der Waals surface area contributed by atoms with Gasteiger partial charge in [-0.1, -0.05) is 38.2 Å². The number of nitrogens with zero attached hydrogens (tertiary/aromatic N) is 1. The molecule has 10 heteroatoms. The molecule has 1 amide bonds. The number of amides is 1. The normalized spacial score (nSPS) is 36.6. The fourth-order valence-corrected chi connectivity index (χ4v) is 7.99. The number of hydrogen-bond acceptors (Lipinski definition) is 8. The molecule has 0 N–H and O–H groups in total. The van der Waals surface area contributed by atoms with E-state index >= 15 is 0 Å². The van der Waals surface area contributed by atoms with E-state index < -0.39 is 20.6 Å². The lowest BCUT2D eigenvalue weighted by Crippen LogP contribution is -2.59. The topological polar surface area (TPSA) is 101 Å². The van der Waals surface area contributed by atoms with Gasteiger partial charge < -0.3 is 23.3 Å². The highest BCUT2D eigenvalue weighted by atomic mass is 31.2. The van der Waals surface area contributed by atoms with Gasteiger partial charge in [0.2, 0.25) is 0 Å². The average Bonchev–Trinajstić information content (AvgIpc) is 3.25. The van der Waals surface area contributed by atoms with Crippen LogP contribution in [0.15, 0.2) is 36.0 Å². The van der Waals surface area contributed by atoms with Crippen molar-refractivity contribution in [2.45, 2.75) is 45.6 Å². The molecule has 0 aromatic carbocycles.